The van der Waals surface area contributed by atoms with Crippen molar-refractivity contribution in [3.05, 3.63) is 0 Å². The number of nitrogens with one attached hydrogen (secondary N) is 2. The van der Waals surface area contributed by atoms with Crippen LogP contribution in [0.25, 0.3) is 0 Å². The van der Waals surface area contributed by atoms with Crippen LogP contribution in [0.4, 0.5) is 0 Å². The Morgan fingerprint density at radius 3 is 2.67 bits per heavy atom. The average molecular weight is 476 g/mol. The van der Waals surface area contributed by atoms with Crippen molar-refractivity contribution in [1.29, 1.82) is 0 Å². The summed E-state index contributed by atoms with van der Waals surface area (Å²) in [6.07, 6.45) is 1.75. The molecule has 9 heteroatoms. The fourth-order valence-corrected chi connectivity index (χ4v) is 4.38. The maximum atomic E-state index is 11.5. The lowest BCUT2D eigenvalue weighted by Crippen LogP contribution is -2.41. The van der Waals surface area contributed by atoms with Crippen molar-refractivity contribution in [2.24, 2.45) is 10.9 Å². The molecule has 1 aliphatic heterocycles. The molecular weight excluding hydrogens is 443 g/mol. The summed E-state index contributed by atoms with van der Waals surface area (Å²) in [4.78, 5) is 6.77. The van der Waals surface area contributed by atoms with Crippen molar-refractivity contribution in [1.82, 2.24) is 15.5 Å². The van der Waals surface area contributed by atoms with Gasteiger partial charge in [0, 0.05) is 46.4 Å². The van der Waals surface area contributed by atoms with Crippen molar-refractivity contribution in [3.63, 3.8) is 0 Å². The van der Waals surface area contributed by atoms with Gasteiger partial charge in [-0.3, -0.25) is 4.99 Å². The van der Waals surface area contributed by atoms with Gasteiger partial charge in [0.05, 0.1) is 11.5 Å². The smallest absolute Gasteiger partial charge is 0.191 e. The highest BCUT2D eigenvalue weighted by molar-refractivity contribution is 14.0. The predicted octanol–water partition coefficient (Wildman–Crippen LogP) is 0.563. The Bertz CT molecular complexity index is 460. The van der Waals surface area contributed by atoms with Gasteiger partial charge >= 0.3 is 0 Å². The summed E-state index contributed by atoms with van der Waals surface area (Å²) in [5.74, 6) is 1.51. The van der Waals surface area contributed by atoms with Gasteiger partial charge in [0.25, 0.3) is 0 Å². The molecule has 1 rings (SSSR count). The van der Waals surface area contributed by atoms with E-state index in [4.69, 9.17) is 4.74 Å². The van der Waals surface area contributed by atoms with E-state index in [2.05, 4.69) is 27.6 Å². The van der Waals surface area contributed by atoms with E-state index in [1.165, 1.54) is 0 Å². The molecule has 7 nitrogen and oxygen atoms in total. The zero-order valence-electron chi connectivity index (χ0n) is 15.1. The summed E-state index contributed by atoms with van der Waals surface area (Å²) in [5, 5.41) is 6.51. The summed E-state index contributed by atoms with van der Waals surface area (Å²) in [6.45, 7) is 6.89. The van der Waals surface area contributed by atoms with Crippen molar-refractivity contribution in [2.45, 2.75) is 19.8 Å². The van der Waals surface area contributed by atoms with E-state index >= 15 is 0 Å². The highest BCUT2D eigenvalue weighted by atomic mass is 127. The maximum Gasteiger partial charge on any atom is 0.191 e. The standard InChI is InChI=1S/C15H32N4O3S.HI/c1-4-16-15(17-7-9-19(2)8-5-10-22-3)18-12-14-6-11-23(20,21)13-14;/h14H,4-13H2,1-3H3,(H2,16,17,18);1H. The first kappa shape index (κ1) is 23.9. The van der Waals surface area contributed by atoms with Gasteiger partial charge < -0.3 is 20.3 Å². The van der Waals surface area contributed by atoms with Crippen LogP contribution in [0.3, 0.4) is 0 Å². The number of likely N-dealkylation sites (N-methyl/N-ethyl adjacent to an activating group) is 1. The molecule has 0 bridgehead atoms. The lowest BCUT2D eigenvalue weighted by atomic mass is 10.1. The number of halogens is 1. The van der Waals surface area contributed by atoms with Gasteiger partial charge in [0.15, 0.2) is 15.8 Å². The second-order valence-corrected chi connectivity index (χ2v) is 8.29. The van der Waals surface area contributed by atoms with Gasteiger partial charge in [-0.15, -0.1) is 24.0 Å². The Morgan fingerprint density at radius 2 is 2.08 bits per heavy atom. The lowest BCUT2D eigenvalue weighted by molar-refractivity contribution is 0.180. The molecule has 0 radical (unpaired) electrons. The molecule has 1 aliphatic rings. The van der Waals surface area contributed by atoms with Gasteiger partial charge in [-0.05, 0) is 32.7 Å². The molecule has 0 amide bonds. The van der Waals surface area contributed by atoms with Crippen LogP contribution in [0, 0.1) is 5.92 Å². The molecule has 1 fully saturated rings. The van der Waals surface area contributed by atoms with Crippen LogP contribution in [-0.4, -0.2) is 84.3 Å². The molecular formula is C15H33IN4O3S. The first-order valence-electron chi connectivity index (χ1n) is 8.37. The van der Waals surface area contributed by atoms with Crippen molar-refractivity contribution >= 4 is 39.8 Å². The monoisotopic (exact) mass is 476 g/mol. The second-order valence-electron chi connectivity index (χ2n) is 6.07. The van der Waals surface area contributed by atoms with Gasteiger partial charge in [-0.2, -0.15) is 0 Å². The third-order valence-electron chi connectivity index (χ3n) is 3.85. The molecule has 0 spiro atoms. The molecule has 1 heterocycles. The lowest BCUT2D eigenvalue weighted by Gasteiger charge is -2.18. The number of aliphatic imine (C=N–C) groups is 1. The van der Waals surface area contributed by atoms with Gasteiger partial charge in [0.1, 0.15) is 0 Å². The third kappa shape index (κ3) is 10.7. The number of guanidine groups is 1. The maximum absolute atomic E-state index is 11.5. The summed E-state index contributed by atoms with van der Waals surface area (Å²) >= 11 is 0. The zero-order chi connectivity index (χ0) is 17.1. The summed E-state index contributed by atoms with van der Waals surface area (Å²) in [5.41, 5.74) is 0. The molecule has 0 aromatic rings. The number of hydrogen-bond donors (Lipinski definition) is 2. The van der Waals surface area contributed by atoms with E-state index in [9.17, 15) is 8.42 Å². The van der Waals surface area contributed by atoms with E-state index in [0.717, 1.165) is 51.6 Å². The first-order valence-corrected chi connectivity index (χ1v) is 10.2. The SMILES string of the molecule is CCNC(=NCC1CCS(=O)(=O)C1)NCCN(C)CCCOC.I. The quantitative estimate of drug-likeness (QED) is 0.208. The van der Waals surface area contributed by atoms with Gasteiger partial charge in [-0.1, -0.05) is 0 Å². The van der Waals surface area contributed by atoms with Crippen molar-refractivity contribution < 1.29 is 13.2 Å². The minimum Gasteiger partial charge on any atom is -0.385 e. The fraction of sp³-hybridized carbons (Fsp3) is 0.933. The second kappa shape index (κ2) is 13.1. The van der Waals surface area contributed by atoms with Crippen molar-refractivity contribution in [2.75, 3.05) is 65.0 Å². The van der Waals surface area contributed by atoms with E-state index < -0.39 is 9.84 Å². The molecule has 1 saturated heterocycles. The largest absolute Gasteiger partial charge is 0.385 e. The van der Waals surface area contributed by atoms with Gasteiger partial charge in [0.2, 0.25) is 0 Å². The summed E-state index contributed by atoms with van der Waals surface area (Å²) in [6, 6.07) is 0. The molecule has 0 aromatic heterocycles. The summed E-state index contributed by atoms with van der Waals surface area (Å²) < 4.78 is 28.0. The molecule has 2 N–H and O–H groups in total. The Hall–Kier alpha value is -0.130. The van der Waals surface area contributed by atoms with Crippen LogP contribution in [0.1, 0.15) is 19.8 Å². The molecule has 1 atom stereocenters. The highest BCUT2D eigenvalue weighted by Crippen LogP contribution is 2.18. The topological polar surface area (TPSA) is 83.0 Å². The Morgan fingerprint density at radius 1 is 1.33 bits per heavy atom. The molecule has 1 unspecified atom stereocenters. The normalized spacial score (nSPS) is 20.0. The molecule has 0 saturated carbocycles. The summed E-state index contributed by atoms with van der Waals surface area (Å²) in [7, 11) is 0.985. The molecule has 24 heavy (non-hydrogen) atoms. The van der Waals surface area contributed by atoms with Crippen LogP contribution >= 0.6 is 24.0 Å². The van der Waals surface area contributed by atoms with Crippen molar-refractivity contribution in [3.8, 4) is 0 Å². The molecule has 0 aromatic carbocycles. The average Bonchev–Trinajstić information content (AvgIpc) is 2.84. The number of ether oxygens (including phenoxy) is 1. The Kier molecular flexibility index (Phi) is 13.1. The van der Waals surface area contributed by atoms with E-state index in [0.29, 0.717) is 12.3 Å². The third-order valence-corrected chi connectivity index (χ3v) is 5.69. The minimum absolute atomic E-state index is 0. The molecule has 144 valence electrons. The van der Waals surface area contributed by atoms with Gasteiger partial charge in [-0.25, -0.2) is 8.42 Å². The number of hydrogen-bond acceptors (Lipinski definition) is 5. The number of sulfone groups is 1. The Balaban J connectivity index is 0.00000529. The van der Waals surface area contributed by atoms with Crippen LogP contribution in [-0.2, 0) is 14.6 Å². The fourth-order valence-electron chi connectivity index (χ4n) is 2.53. The van der Waals surface area contributed by atoms with Crippen LogP contribution in [0.2, 0.25) is 0 Å². The zero-order valence-corrected chi connectivity index (χ0v) is 18.2. The highest BCUT2D eigenvalue weighted by Gasteiger charge is 2.27. The Labute approximate surface area is 163 Å². The van der Waals surface area contributed by atoms with Crippen LogP contribution in [0.5, 0.6) is 0 Å². The number of rotatable bonds is 10. The number of nitrogens with zero attached hydrogens (tertiary/aromatic N) is 2. The van der Waals surface area contributed by atoms with Crippen LogP contribution < -0.4 is 10.6 Å². The first-order chi connectivity index (χ1) is 11.0. The minimum atomic E-state index is -2.82. The predicted molar refractivity (Wildman–Crippen MR) is 110 cm³/mol. The van der Waals surface area contributed by atoms with Crippen LogP contribution in [0.15, 0.2) is 4.99 Å². The van der Waals surface area contributed by atoms with E-state index in [-0.39, 0.29) is 35.6 Å². The van der Waals surface area contributed by atoms with E-state index in [1.807, 2.05) is 6.92 Å². The number of methoxy groups -OCH3 is 1. The van der Waals surface area contributed by atoms with E-state index in [1.54, 1.807) is 7.11 Å². The molecule has 0 aliphatic carbocycles.